The SMILES string of the molecule is COCC1(CNS(=O)(=O)c2cc(OC)c(OC)cc2F)CCCN1.Cl. The number of rotatable bonds is 8. The Labute approximate surface area is 153 Å². The maximum absolute atomic E-state index is 14.2. The predicted octanol–water partition coefficient (Wildman–Crippen LogP) is 1.31. The van der Waals surface area contributed by atoms with Crippen LogP contribution in [0.2, 0.25) is 0 Å². The van der Waals surface area contributed by atoms with Gasteiger partial charge in [-0.3, -0.25) is 0 Å². The largest absolute Gasteiger partial charge is 0.493 e. The number of methoxy groups -OCH3 is 3. The third-order valence-electron chi connectivity index (χ3n) is 4.08. The van der Waals surface area contributed by atoms with E-state index in [4.69, 9.17) is 14.2 Å². The van der Waals surface area contributed by atoms with Gasteiger partial charge in [-0.25, -0.2) is 17.5 Å². The summed E-state index contributed by atoms with van der Waals surface area (Å²) in [4.78, 5) is -0.481. The number of sulfonamides is 1. The van der Waals surface area contributed by atoms with Crippen LogP contribution in [0.25, 0.3) is 0 Å². The van der Waals surface area contributed by atoms with Crippen LogP contribution in [0.15, 0.2) is 17.0 Å². The molecule has 1 fully saturated rings. The lowest BCUT2D eigenvalue weighted by Gasteiger charge is -2.28. The van der Waals surface area contributed by atoms with Crippen molar-refractivity contribution in [2.24, 2.45) is 0 Å². The fourth-order valence-electron chi connectivity index (χ4n) is 2.82. The van der Waals surface area contributed by atoms with Gasteiger partial charge < -0.3 is 19.5 Å². The molecule has 2 rings (SSSR count). The van der Waals surface area contributed by atoms with E-state index < -0.39 is 26.3 Å². The molecule has 1 unspecified atom stereocenters. The maximum atomic E-state index is 14.2. The van der Waals surface area contributed by atoms with Crippen LogP contribution in [-0.2, 0) is 14.8 Å². The Morgan fingerprint density at radius 3 is 2.40 bits per heavy atom. The van der Waals surface area contributed by atoms with Crippen molar-refractivity contribution in [3.05, 3.63) is 17.9 Å². The summed E-state index contributed by atoms with van der Waals surface area (Å²) < 4.78 is 56.9. The average Bonchev–Trinajstić information content (AvgIpc) is 3.02. The molecule has 25 heavy (non-hydrogen) atoms. The topological polar surface area (TPSA) is 85.9 Å². The molecule has 144 valence electrons. The summed E-state index contributed by atoms with van der Waals surface area (Å²) >= 11 is 0. The minimum atomic E-state index is -4.05. The van der Waals surface area contributed by atoms with Crippen molar-refractivity contribution in [2.75, 3.05) is 41.0 Å². The zero-order chi connectivity index (χ0) is 17.8. The Balaban J connectivity index is 0.00000312. The average molecular weight is 399 g/mol. The van der Waals surface area contributed by atoms with Crippen molar-refractivity contribution < 1.29 is 27.0 Å². The number of benzene rings is 1. The lowest BCUT2D eigenvalue weighted by Crippen LogP contribution is -2.52. The first kappa shape index (κ1) is 21.9. The molecule has 1 heterocycles. The van der Waals surface area contributed by atoms with Crippen LogP contribution in [0.5, 0.6) is 11.5 Å². The summed E-state index contributed by atoms with van der Waals surface area (Å²) in [6.07, 6.45) is 1.70. The Morgan fingerprint density at radius 2 is 1.88 bits per heavy atom. The number of hydrogen-bond acceptors (Lipinski definition) is 6. The fourth-order valence-corrected chi connectivity index (χ4v) is 4.02. The lowest BCUT2D eigenvalue weighted by molar-refractivity contribution is 0.122. The Bertz CT molecular complexity index is 681. The summed E-state index contributed by atoms with van der Waals surface area (Å²) in [5.41, 5.74) is -0.477. The predicted molar refractivity (Wildman–Crippen MR) is 93.8 cm³/mol. The molecular formula is C15H24ClFN2O5S. The zero-order valence-corrected chi connectivity index (χ0v) is 16.1. The minimum Gasteiger partial charge on any atom is -0.493 e. The van der Waals surface area contributed by atoms with Gasteiger partial charge >= 0.3 is 0 Å². The van der Waals surface area contributed by atoms with Crippen LogP contribution < -0.4 is 19.5 Å². The van der Waals surface area contributed by atoms with Crippen molar-refractivity contribution in [3.8, 4) is 11.5 Å². The first-order valence-corrected chi connectivity index (χ1v) is 9.01. The van der Waals surface area contributed by atoms with E-state index >= 15 is 0 Å². The summed E-state index contributed by atoms with van der Waals surface area (Å²) in [5.74, 6) is -0.632. The standard InChI is InChI=1S/C15H23FN2O5S.ClH/c1-21-10-15(5-4-6-17-15)9-18-24(19,20)14-8-13(23-3)12(22-2)7-11(14)16;/h7-8,17-18H,4-6,9-10H2,1-3H3;1H. The second kappa shape index (κ2) is 9.00. The highest BCUT2D eigenvalue weighted by atomic mass is 35.5. The molecule has 0 saturated carbocycles. The van der Waals surface area contributed by atoms with E-state index in [9.17, 15) is 12.8 Å². The Kier molecular flexibility index (Phi) is 7.88. The summed E-state index contributed by atoms with van der Waals surface area (Å²) in [5, 5.41) is 3.26. The van der Waals surface area contributed by atoms with Crippen molar-refractivity contribution >= 4 is 22.4 Å². The van der Waals surface area contributed by atoms with Gasteiger partial charge in [0.25, 0.3) is 0 Å². The highest BCUT2D eigenvalue weighted by Crippen LogP contribution is 2.32. The number of hydrogen-bond donors (Lipinski definition) is 2. The van der Waals surface area contributed by atoms with Gasteiger partial charge in [0.2, 0.25) is 10.0 Å². The van der Waals surface area contributed by atoms with Gasteiger partial charge in [-0.1, -0.05) is 0 Å². The molecule has 1 aromatic rings. The van der Waals surface area contributed by atoms with Crippen LogP contribution in [-0.4, -0.2) is 55.0 Å². The van der Waals surface area contributed by atoms with Gasteiger partial charge in [-0.2, -0.15) is 0 Å². The summed E-state index contributed by atoms with van der Waals surface area (Å²) in [7, 11) is 0.219. The van der Waals surface area contributed by atoms with Gasteiger partial charge in [0.05, 0.1) is 26.4 Å². The second-order valence-electron chi connectivity index (χ2n) is 5.71. The Hall–Kier alpha value is -1.13. The van der Waals surface area contributed by atoms with E-state index in [-0.39, 0.29) is 30.5 Å². The maximum Gasteiger partial charge on any atom is 0.243 e. The molecule has 7 nitrogen and oxygen atoms in total. The van der Waals surface area contributed by atoms with E-state index in [1.165, 1.54) is 14.2 Å². The molecule has 1 saturated heterocycles. The molecule has 0 spiro atoms. The molecule has 0 bridgehead atoms. The lowest BCUT2D eigenvalue weighted by atomic mass is 9.99. The van der Waals surface area contributed by atoms with E-state index in [0.717, 1.165) is 31.5 Å². The third-order valence-corrected chi connectivity index (χ3v) is 5.50. The zero-order valence-electron chi connectivity index (χ0n) is 14.4. The Morgan fingerprint density at radius 1 is 1.24 bits per heavy atom. The van der Waals surface area contributed by atoms with Crippen molar-refractivity contribution in [2.45, 2.75) is 23.3 Å². The monoisotopic (exact) mass is 398 g/mol. The molecule has 1 atom stereocenters. The van der Waals surface area contributed by atoms with Crippen LogP contribution in [0.3, 0.4) is 0 Å². The van der Waals surface area contributed by atoms with Crippen molar-refractivity contribution in [1.82, 2.24) is 10.0 Å². The molecular weight excluding hydrogens is 375 g/mol. The smallest absolute Gasteiger partial charge is 0.243 e. The second-order valence-corrected chi connectivity index (χ2v) is 7.44. The van der Waals surface area contributed by atoms with Crippen LogP contribution in [0, 0.1) is 5.82 Å². The molecule has 1 aliphatic rings. The fraction of sp³-hybridized carbons (Fsp3) is 0.600. The van der Waals surface area contributed by atoms with Crippen LogP contribution in [0.1, 0.15) is 12.8 Å². The summed E-state index contributed by atoms with van der Waals surface area (Å²) in [6.45, 7) is 1.26. The molecule has 0 aliphatic carbocycles. The highest BCUT2D eigenvalue weighted by molar-refractivity contribution is 7.89. The molecule has 1 aromatic carbocycles. The highest BCUT2D eigenvalue weighted by Gasteiger charge is 2.35. The number of halogens is 2. The third kappa shape index (κ3) is 4.95. The quantitative estimate of drug-likeness (QED) is 0.686. The van der Waals surface area contributed by atoms with E-state index in [1.54, 1.807) is 7.11 Å². The normalized spacial score (nSPS) is 20.2. The molecule has 0 radical (unpaired) electrons. The molecule has 0 amide bonds. The van der Waals surface area contributed by atoms with E-state index in [0.29, 0.717) is 6.61 Å². The number of ether oxygens (including phenoxy) is 3. The van der Waals surface area contributed by atoms with Gasteiger partial charge in [0.1, 0.15) is 10.7 Å². The van der Waals surface area contributed by atoms with Crippen molar-refractivity contribution in [1.29, 1.82) is 0 Å². The van der Waals surface area contributed by atoms with Crippen molar-refractivity contribution in [3.63, 3.8) is 0 Å². The summed E-state index contributed by atoms with van der Waals surface area (Å²) in [6, 6.07) is 2.10. The molecule has 2 N–H and O–H groups in total. The van der Waals surface area contributed by atoms with Crippen LogP contribution in [0.4, 0.5) is 4.39 Å². The van der Waals surface area contributed by atoms with Gasteiger partial charge in [0.15, 0.2) is 11.5 Å². The molecule has 0 aromatic heterocycles. The van der Waals surface area contributed by atoms with Crippen LogP contribution >= 0.6 is 12.4 Å². The van der Waals surface area contributed by atoms with E-state index in [1.807, 2.05) is 0 Å². The minimum absolute atomic E-state index is 0. The number of nitrogens with one attached hydrogen (secondary N) is 2. The molecule has 10 heteroatoms. The van der Waals surface area contributed by atoms with Gasteiger partial charge in [0, 0.05) is 25.8 Å². The van der Waals surface area contributed by atoms with E-state index in [2.05, 4.69) is 10.0 Å². The van der Waals surface area contributed by atoms with Gasteiger partial charge in [-0.05, 0) is 19.4 Å². The van der Waals surface area contributed by atoms with Gasteiger partial charge in [-0.15, -0.1) is 12.4 Å². The first-order chi connectivity index (χ1) is 11.4. The first-order valence-electron chi connectivity index (χ1n) is 7.52. The molecule has 1 aliphatic heterocycles.